The van der Waals surface area contributed by atoms with E-state index in [0.717, 1.165) is 10.3 Å². The number of aryl methyl sites for hydroxylation is 1. The predicted octanol–water partition coefficient (Wildman–Crippen LogP) is -2.94. The van der Waals surface area contributed by atoms with E-state index in [0.29, 0.717) is 61.7 Å². The van der Waals surface area contributed by atoms with Gasteiger partial charge in [0.05, 0.1) is 81.1 Å². The molecule has 1 unspecified atom stereocenters. The Morgan fingerprint density at radius 2 is 0.861 bits per heavy atom. The molecule has 6 aliphatic rings. The molecule has 122 heavy (non-hydrogen) atoms. The smallest absolute Gasteiger partial charge is 0.397 e. The van der Waals surface area contributed by atoms with Gasteiger partial charge in [-0.05, 0) is 35.8 Å². The highest BCUT2D eigenvalue weighted by Crippen LogP contribution is 2.47. The maximum Gasteiger partial charge on any atom is 0.469 e. The standard InChI is InChI=1S/C12H18N5O7P.C12H17N4O7P.C11H16ClN4O7P.C11H13ClN3O7P.C11H14N7O7P/c1-5-15-10(13-2)7-11(16-5)17(4-14-7)12-9(19)8(18)6(24-12)3-23-25(20,21)22;1-13-6-2-3-14-11-8(6)15-5-16(11)12-10(18)9(17)7(23-12)4-22-24(19,20)21;1-15-3-14-10-6(9(15)12)13-4-16(10)11-8(18)7(17)5(23-11)2-22-24(19,20)21;12-5-1-2-13-10-7(5)14-4-15(10)11-9(17)8(16)6(22-11)3-21-23(18,19)20;12-4-1-2-14-9-6(4)15-11(16-17-13)18(9)10-8(20)7(19)5(25-10)3-24-26(21,22)23/h4,6,8-9,12,18-19H,3H2,1-2H3,(H,13,15,16)(H2,20,21,22);2-3,5,7,9-10,12,17-18H,4H2,1H3,(H,13,14)(H2,19,20,21);3-5,7-9,11,17-18H,2H2,1H3,(H2,19,20,21);1-2,4,6,8-9,11,16-17H,3H2,(H2,18,19,20);1-2,5,7-8,10,19-20H,3H2,(H2,12,14)(H2,21,22,23)/t6-,8-,9-,12-;7-,9-,10-,12-;5-,7-,8-,9?,11-;6-,8-,9-,11-;5-,7-,8-,10-/m11111/s1. The van der Waals surface area contributed by atoms with Crippen LogP contribution in [0.15, 0.2) is 72.2 Å². The third-order valence-electron chi connectivity index (χ3n) is 18.4. The highest BCUT2D eigenvalue weighted by atomic mass is 35.5. The average molecular weight is 1870 g/mol. The summed E-state index contributed by atoms with van der Waals surface area (Å²) in [6.07, 6.45) is -14.0. The van der Waals surface area contributed by atoms with Crippen molar-refractivity contribution in [3.8, 4) is 0 Å². The van der Waals surface area contributed by atoms with Gasteiger partial charge in [0.2, 0.25) is 5.95 Å². The van der Waals surface area contributed by atoms with Crippen molar-refractivity contribution in [2.75, 3.05) is 70.5 Å². The minimum Gasteiger partial charge on any atom is -0.397 e. The van der Waals surface area contributed by atoms with E-state index in [-0.39, 0.29) is 22.8 Å². The van der Waals surface area contributed by atoms with E-state index in [1.165, 1.54) is 68.4 Å². The highest BCUT2D eigenvalue weighted by molar-refractivity contribution is 7.47. The zero-order valence-electron chi connectivity index (χ0n) is 62.6. The number of nitrogens with zero attached hydrogens (tertiary/aromatic N) is 20. The molecular formula is C57H78Cl2N23O35P5. The molecule has 9 aromatic rings. The first-order valence-electron chi connectivity index (χ1n) is 34.8. The number of aliphatic hydroxyl groups excluding tert-OH is 10. The fourth-order valence-corrected chi connectivity index (χ4v) is 14.8. The van der Waals surface area contributed by atoms with Crippen molar-refractivity contribution < 1.29 is 169 Å². The molecule has 0 spiro atoms. The number of aliphatic imine (C=N–C) groups is 1. The monoisotopic (exact) mass is 1870 g/mol. The molecule has 15 rings (SSSR count). The second-order valence-electron chi connectivity index (χ2n) is 26.6. The van der Waals surface area contributed by atoms with Gasteiger partial charge < -0.3 is 145 Å². The molecule has 670 valence electrons. The lowest BCUT2D eigenvalue weighted by Gasteiger charge is -2.24. The number of halogens is 2. The van der Waals surface area contributed by atoms with Crippen LogP contribution in [0, 0.1) is 6.92 Å². The van der Waals surface area contributed by atoms with Crippen molar-refractivity contribution in [1.82, 2.24) is 77.6 Å². The maximum absolute atomic E-state index is 10.8. The number of fused-ring (bicyclic) bond motifs is 5. The topological polar surface area (TPSA) is 850 Å². The summed E-state index contributed by atoms with van der Waals surface area (Å²) in [4.78, 5) is 137. The zero-order chi connectivity index (χ0) is 89.3. The summed E-state index contributed by atoms with van der Waals surface area (Å²) < 4.78 is 110. The van der Waals surface area contributed by atoms with Crippen molar-refractivity contribution >= 4 is 142 Å². The lowest BCUT2D eigenvalue weighted by Crippen LogP contribution is -2.33. The summed E-state index contributed by atoms with van der Waals surface area (Å²) in [5, 5.41) is 111. The van der Waals surface area contributed by atoms with Gasteiger partial charge in [-0.1, -0.05) is 23.2 Å². The van der Waals surface area contributed by atoms with Crippen molar-refractivity contribution in [3.05, 3.63) is 89.1 Å². The number of hydrogen-bond acceptors (Lipinski definition) is 41. The Morgan fingerprint density at radius 1 is 0.484 bits per heavy atom. The Bertz CT molecular complexity index is 5520. The van der Waals surface area contributed by atoms with Crippen LogP contribution in [-0.4, -0.2) is 330 Å². The van der Waals surface area contributed by atoms with E-state index in [1.807, 2.05) is 0 Å². The van der Waals surface area contributed by atoms with Crippen LogP contribution in [0.4, 0.5) is 29.0 Å². The largest absolute Gasteiger partial charge is 0.469 e. The van der Waals surface area contributed by atoms with Gasteiger partial charge in [-0.2, -0.15) is 0 Å². The number of aliphatic hydroxyl groups is 10. The molecule has 9 aromatic heterocycles. The first-order valence-corrected chi connectivity index (χ1v) is 43.3. The van der Waals surface area contributed by atoms with E-state index in [9.17, 15) is 73.9 Å². The third kappa shape index (κ3) is 21.9. The molecule has 0 aliphatic carbocycles. The van der Waals surface area contributed by atoms with Crippen LogP contribution < -0.4 is 16.4 Å². The van der Waals surface area contributed by atoms with Crippen LogP contribution in [0.5, 0.6) is 0 Å². The molecule has 6 aliphatic heterocycles. The number of imidazole rings is 5. The van der Waals surface area contributed by atoms with E-state index in [2.05, 4.69) is 98.1 Å². The molecule has 65 heteroatoms. The molecule has 15 heterocycles. The van der Waals surface area contributed by atoms with Crippen LogP contribution in [0.2, 0.25) is 5.02 Å². The number of nitrogens with two attached hydrogens (primary N) is 1. The molecule has 5 saturated heterocycles. The molecule has 0 aromatic carbocycles. The van der Waals surface area contributed by atoms with Crippen molar-refractivity contribution in [3.63, 3.8) is 0 Å². The fraction of sp³-hybridized carbons (Fsp3) is 0.526. The number of phosphoric acid groups is 5. The van der Waals surface area contributed by atoms with Crippen LogP contribution >= 0.6 is 62.3 Å². The van der Waals surface area contributed by atoms with Gasteiger partial charge in [-0.25, -0.2) is 77.7 Å². The van der Waals surface area contributed by atoms with E-state index in [1.54, 1.807) is 51.3 Å². The molecular weight excluding hydrogens is 1790 g/mol. The Kier molecular flexibility index (Phi) is 30.1. The van der Waals surface area contributed by atoms with Crippen LogP contribution in [0.25, 0.3) is 55.1 Å². The number of phosphoric ester groups is 5. The first-order chi connectivity index (χ1) is 57.2. The summed E-state index contributed by atoms with van der Waals surface area (Å²) in [7, 11) is -18.5. The highest BCUT2D eigenvalue weighted by Gasteiger charge is 2.51. The maximum atomic E-state index is 10.8. The number of nitrogens with one attached hydrogen (secondary N) is 2. The number of azide groups is 1. The minimum atomic E-state index is -4.80. The molecule has 0 saturated carbocycles. The van der Waals surface area contributed by atoms with Gasteiger partial charge in [-0.3, -0.25) is 45.5 Å². The van der Waals surface area contributed by atoms with Gasteiger partial charge in [0, 0.05) is 44.6 Å². The van der Waals surface area contributed by atoms with Crippen LogP contribution in [0.3, 0.4) is 0 Å². The number of ether oxygens (including phenoxy) is 5. The van der Waals surface area contributed by atoms with Crippen LogP contribution in [0.1, 0.15) is 48.2 Å². The van der Waals surface area contributed by atoms with E-state index < -0.39 is 200 Å². The Morgan fingerprint density at radius 3 is 1.30 bits per heavy atom. The zero-order valence-corrected chi connectivity index (χ0v) is 68.6. The molecule has 24 N–H and O–H groups in total. The molecule has 0 amide bonds. The number of rotatable bonds is 23. The average Bonchev–Trinajstić information content (AvgIpc) is 1.65. The molecule has 58 nitrogen and oxygen atoms in total. The van der Waals surface area contributed by atoms with Crippen LogP contribution in [-0.2, 0) is 69.1 Å². The molecule has 0 bridgehead atoms. The Hall–Kier alpha value is -7.67. The van der Waals surface area contributed by atoms with Gasteiger partial charge in [0.15, 0.2) is 76.4 Å². The van der Waals surface area contributed by atoms with Crippen molar-refractivity contribution in [1.29, 1.82) is 0 Å². The van der Waals surface area contributed by atoms with Gasteiger partial charge in [0.1, 0.15) is 120 Å². The van der Waals surface area contributed by atoms with E-state index in [4.69, 9.17) is 107 Å². The van der Waals surface area contributed by atoms with Gasteiger partial charge in [0.25, 0.3) is 0 Å². The van der Waals surface area contributed by atoms with Crippen molar-refractivity contribution in [2.45, 2.75) is 135 Å². The van der Waals surface area contributed by atoms with Gasteiger partial charge >= 0.3 is 39.1 Å². The fourth-order valence-electron chi connectivity index (χ4n) is 12.7. The van der Waals surface area contributed by atoms with Crippen molar-refractivity contribution in [2.24, 2.45) is 10.1 Å². The summed E-state index contributed by atoms with van der Waals surface area (Å²) in [6.45, 7) is -1.31. The number of nitrogen functional groups attached to an aromatic ring is 1. The number of aromatic nitrogens is 15. The predicted molar refractivity (Wildman–Crippen MR) is 406 cm³/mol. The van der Waals surface area contributed by atoms with Gasteiger partial charge in [-0.15, -0.1) is 0 Å². The molecule has 5 fully saturated rings. The Balaban J connectivity index is 0.000000149. The summed E-state index contributed by atoms with van der Waals surface area (Å²) in [5.74, 6) is 1.10. The minimum absolute atomic E-state index is 0.125. The number of anilines is 3. The summed E-state index contributed by atoms with van der Waals surface area (Å²) >= 11 is 12.2. The Labute approximate surface area is 691 Å². The summed E-state index contributed by atoms with van der Waals surface area (Å²) in [6, 6.07) is 4.76. The lowest BCUT2D eigenvalue weighted by molar-refractivity contribution is -0.0513. The number of hydrogen-bond donors (Lipinski definition) is 23. The second-order valence-corrected chi connectivity index (χ2v) is 33.6. The SMILES string of the molecule is CN1C=Nc2c(ncn2[C@@H]2O[C@H](COP(=O)(O)O)[C@@H](O)[C@H]2O)C1Cl.CNc1ccnc2c1ncn2[C@@H]1O[C@H](COP(=O)(O)O)[C@@H](O)[C@H]1O.CNc1nc(C)nc2c1ncn2[C@@H]1O[C@H](COP(=O)(O)O)[C@@H](O)[C@H]1O.O=P(O)(O)OC[C@H]1O[C@@H](n2cnc3c(Cl)ccnc32)[C@H](O)[C@@H]1O.[N-]=[N+]=Nc1nc2c(N)ccnc2n1[C@@H]1O[C@H](COP(=O)(O)O)[C@@H](O)[C@H]1O. The summed E-state index contributed by atoms with van der Waals surface area (Å²) in [5.41, 5.74) is 18.3. The number of pyridine rings is 3. The molecule has 21 atom stereocenters. The lowest BCUT2D eigenvalue weighted by atomic mass is 10.1. The third-order valence-corrected chi connectivity index (χ3v) is 21.7. The quantitative estimate of drug-likeness (QED) is 0.00761. The van der Waals surface area contributed by atoms with E-state index >= 15 is 0 Å². The normalized spacial score (nSPS) is 28.5. The first kappa shape index (κ1) is 95.0. The number of alkyl halides is 1. The molecule has 0 radical (unpaired) electrons. The second kappa shape index (κ2) is 38.7.